The molecule has 2 aliphatic heterocycles. The van der Waals surface area contributed by atoms with E-state index < -0.39 is 5.69 Å². The Labute approximate surface area is 277 Å². The highest BCUT2D eigenvalue weighted by Gasteiger charge is 2.39. The van der Waals surface area contributed by atoms with E-state index in [2.05, 4.69) is 47.3 Å². The van der Waals surface area contributed by atoms with Gasteiger partial charge < -0.3 is 14.7 Å². The molecule has 1 N–H and O–H groups in total. The van der Waals surface area contributed by atoms with Crippen LogP contribution in [0.3, 0.4) is 0 Å². The molecule has 2 unspecified atom stereocenters. The number of nitrogens with one attached hydrogen (secondary N) is 1. The van der Waals surface area contributed by atoms with Gasteiger partial charge in [-0.15, -0.1) is 0 Å². The maximum Gasteiger partial charge on any atom is 0.355 e. The lowest BCUT2D eigenvalue weighted by molar-refractivity contribution is -0.127. The number of amides is 1. The van der Waals surface area contributed by atoms with Gasteiger partial charge in [-0.3, -0.25) is 14.9 Å². The lowest BCUT2D eigenvalue weighted by atomic mass is 9.97. The summed E-state index contributed by atoms with van der Waals surface area (Å²) in [6.45, 7) is 15.5. The Morgan fingerprint density at radius 3 is 2.66 bits per heavy atom. The van der Waals surface area contributed by atoms with Gasteiger partial charge in [-0.25, -0.2) is 14.3 Å². The molecule has 1 aromatic carbocycles. The summed E-state index contributed by atoms with van der Waals surface area (Å²) in [4.78, 5) is 48.4. The van der Waals surface area contributed by atoms with Crippen LogP contribution in [0, 0.1) is 13.8 Å². The van der Waals surface area contributed by atoms with Gasteiger partial charge in [0.2, 0.25) is 5.91 Å². The third-order valence-electron chi connectivity index (χ3n) is 9.61. The molecule has 47 heavy (non-hydrogen) atoms. The van der Waals surface area contributed by atoms with Crippen molar-refractivity contribution in [1.29, 1.82) is 0 Å². The average Bonchev–Trinajstić information content (AvgIpc) is 3.51. The van der Waals surface area contributed by atoms with Crippen LogP contribution in [0.4, 0.5) is 11.5 Å². The van der Waals surface area contributed by atoms with Crippen LogP contribution >= 0.6 is 11.6 Å². The van der Waals surface area contributed by atoms with Gasteiger partial charge in [0.15, 0.2) is 5.65 Å². The zero-order chi connectivity index (χ0) is 33.3. The highest BCUT2D eigenvalue weighted by atomic mass is 35.5. The van der Waals surface area contributed by atoms with Gasteiger partial charge in [-0.05, 0) is 62.4 Å². The quantitative estimate of drug-likeness (QED) is 0.252. The third-order valence-corrected chi connectivity index (χ3v) is 9.97. The number of halogens is 1. The summed E-state index contributed by atoms with van der Waals surface area (Å²) in [6.07, 6.45) is 5.64. The number of nitrogens with zero attached hydrogens (tertiary/aromatic N) is 8. The maximum absolute atomic E-state index is 14.5. The number of pyridine rings is 2. The van der Waals surface area contributed by atoms with Crippen molar-refractivity contribution in [3.8, 4) is 16.9 Å². The summed E-state index contributed by atoms with van der Waals surface area (Å²) in [7, 11) is 2.01. The summed E-state index contributed by atoms with van der Waals surface area (Å²) >= 11 is 7.49. The smallest absolute Gasteiger partial charge is 0.355 e. The van der Waals surface area contributed by atoms with Crippen molar-refractivity contribution in [1.82, 2.24) is 34.6 Å². The second-order valence-electron chi connectivity index (χ2n) is 13.0. The largest absolute Gasteiger partial charge is 0.373 e. The van der Waals surface area contributed by atoms with E-state index in [1.165, 1.54) is 6.08 Å². The number of carbonyl (C=O) groups excluding carboxylic acids is 1. The zero-order valence-electron chi connectivity index (χ0n) is 27.5. The Morgan fingerprint density at radius 1 is 1.13 bits per heavy atom. The minimum Gasteiger partial charge on any atom is -0.373 e. The van der Waals surface area contributed by atoms with Crippen LogP contribution in [0.2, 0.25) is 5.02 Å². The highest BCUT2D eigenvalue weighted by molar-refractivity contribution is 6.38. The Kier molecular flexibility index (Phi) is 7.54. The van der Waals surface area contributed by atoms with Crippen molar-refractivity contribution in [2.75, 3.05) is 36.5 Å². The third kappa shape index (κ3) is 4.78. The molecular weight excluding hydrogens is 614 g/mol. The van der Waals surface area contributed by atoms with E-state index in [-0.39, 0.29) is 23.9 Å². The minimum atomic E-state index is -0.450. The number of aromatic amines is 1. The molecule has 242 valence electrons. The number of fused-ring (bicyclic) bond motifs is 3. The molecule has 1 fully saturated rings. The first kappa shape index (κ1) is 30.9. The van der Waals surface area contributed by atoms with Crippen LogP contribution < -0.4 is 15.5 Å². The molecule has 0 spiro atoms. The van der Waals surface area contributed by atoms with Crippen LogP contribution in [-0.2, 0) is 4.79 Å². The van der Waals surface area contributed by atoms with Crippen molar-refractivity contribution < 1.29 is 4.79 Å². The molecule has 1 amide bonds. The number of aryl methyl sites for hydroxylation is 2. The first-order valence-corrected chi connectivity index (χ1v) is 16.4. The van der Waals surface area contributed by atoms with Gasteiger partial charge in [-0.1, -0.05) is 38.1 Å². The van der Waals surface area contributed by atoms with Crippen LogP contribution in [0.1, 0.15) is 49.9 Å². The Morgan fingerprint density at radius 2 is 1.91 bits per heavy atom. The summed E-state index contributed by atoms with van der Waals surface area (Å²) in [6, 6.07) is 5.70. The Balaban J connectivity index is 1.63. The summed E-state index contributed by atoms with van der Waals surface area (Å²) in [5.41, 5.74) is 6.35. The fourth-order valence-electron chi connectivity index (χ4n) is 7.39. The van der Waals surface area contributed by atoms with Crippen molar-refractivity contribution >= 4 is 50.9 Å². The Hall–Kier alpha value is -4.77. The molecule has 1 saturated heterocycles. The zero-order valence-corrected chi connectivity index (χ0v) is 28.3. The maximum atomic E-state index is 14.5. The lowest BCUT2D eigenvalue weighted by Gasteiger charge is -2.48. The van der Waals surface area contributed by atoms with Crippen LogP contribution in [0.25, 0.3) is 38.9 Å². The molecule has 6 heterocycles. The highest BCUT2D eigenvalue weighted by Crippen LogP contribution is 2.47. The van der Waals surface area contributed by atoms with Crippen molar-refractivity contribution in [3.05, 3.63) is 75.6 Å². The first-order chi connectivity index (χ1) is 22.5. The fourth-order valence-corrected chi connectivity index (χ4v) is 7.77. The molecule has 11 nitrogen and oxygen atoms in total. The standard InChI is InChI=1S/C35H38ClN9O2/c1-8-25(46)43-16-21(6)44-22(17-43)12-14-42(7)32-27-33(39-30(28(32)36)26-19(4)9-10-24-23(26)15-38-41-24)45(35(47)40-34(27)44)31-20(5)11-13-37-29(31)18(2)3/h8-11,13,15,18,21-22H,1,12,14,16-17H2,2-7H3,(H,38,41). The average molecular weight is 652 g/mol. The van der Waals surface area contributed by atoms with E-state index >= 15 is 0 Å². The fraction of sp³-hybridized carbons (Fsp3) is 0.371. The predicted molar refractivity (Wildman–Crippen MR) is 187 cm³/mol. The van der Waals surface area contributed by atoms with Gasteiger partial charge in [0.05, 0.1) is 50.9 Å². The first-order valence-electron chi connectivity index (χ1n) is 16.0. The molecule has 2 atom stereocenters. The van der Waals surface area contributed by atoms with Gasteiger partial charge >= 0.3 is 5.69 Å². The van der Waals surface area contributed by atoms with Crippen molar-refractivity contribution in [3.63, 3.8) is 0 Å². The number of hydrogen-bond acceptors (Lipinski definition) is 8. The molecule has 0 bridgehead atoms. The molecule has 0 saturated carbocycles. The molecule has 2 aliphatic rings. The topological polar surface area (TPSA) is 116 Å². The van der Waals surface area contributed by atoms with Crippen molar-refractivity contribution in [2.24, 2.45) is 0 Å². The number of piperazine rings is 1. The van der Waals surface area contributed by atoms with E-state index in [1.54, 1.807) is 17.0 Å². The van der Waals surface area contributed by atoms with E-state index in [1.807, 2.05) is 44.0 Å². The number of aromatic nitrogens is 6. The molecule has 0 radical (unpaired) electrons. The SMILES string of the molecule is C=CC(=O)N1CC(C)N2c3nc(=O)n(-c4c(C)ccnc4C(C)C)c4nc(-c5c(C)ccc6[nH]ncc56)c(Cl)c(c34)N(C)CCC2C1. The molecule has 0 aliphatic carbocycles. The summed E-state index contributed by atoms with van der Waals surface area (Å²) in [5.74, 6) is 0.450. The summed E-state index contributed by atoms with van der Waals surface area (Å²) < 4.78 is 1.62. The number of rotatable bonds is 4. The van der Waals surface area contributed by atoms with E-state index in [0.717, 1.165) is 45.4 Å². The molecule has 5 aromatic rings. The van der Waals surface area contributed by atoms with Gasteiger partial charge in [-0.2, -0.15) is 10.1 Å². The van der Waals surface area contributed by atoms with Crippen LogP contribution in [0.5, 0.6) is 0 Å². The van der Waals surface area contributed by atoms with Crippen molar-refractivity contribution in [2.45, 2.75) is 59.0 Å². The number of anilines is 2. The second-order valence-corrected chi connectivity index (χ2v) is 13.4. The normalized spacial score (nSPS) is 18.1. The van der Waals surface area contributed by atoms with Gasteiger partial charge in [0, 0.05) is 49.9 Å². The number of carbonyl (C=O) groups is 1. The van der Waals surface area contributed by atoms with Crippen LogP contribution in [-0.4, -0.2) is 79.3 Å². The monoisotopic (exact) mass is 651 g/mol. The Bertz CT molecular complexity index is 2150. The van der Waals surface area contributed by atoms with E-state index in [4.69, 9.17) is 26.6 Å². The minimum absolute atomic E-state index is 0.0288. The summed E-state index contributed by atoms with van der Waals surface area (Å²) in [5, 5.41) is 9.43. The molecule has 7 rings (SSSR count). The molecule has 4 aromatic heterocycles. The number of H-pyrrole nitrogens is 1. The molecular formula is C35H38ClN9O2. The molecule has 12 heteroatoms. The predicted octanol–water partition coefficient (Wildman–Crippen LogP) is 5.54. The van der Waals surface area contributed by atoms with E-state index in [0.29, 0.717) is 52.9 Å². The van der Waals surface area contributed by atoms with Gasteiger partial charge in [0.1, 0.15) is 5.82 Å². The number of benzene rings is 1. The van der Waals surface area contributed by atoms with E-state index in [9.17, 15) is 9.59 Å². The lowest BCUT2D eigenvalue weighted by Crippen LogP contribution is -2.60. The van der Waals surface area contributed by atoms with Gasteiger partial charge in [0.25, 0.3) is 0 Å². The second kappa shape index (κ2) is 11.5. The number of hydrogen-bond donors (Lipinski definition) is 1. The van der Waals surface area contributed by atoms with Crippen LogP contribution in [0.15, 0.2) is 48.0 Å².